The highest BCUT2D eigenvalue weighted by Crippen LogP contribution is 2.50. The van der Waals surface area contributed by atoms with Crippen LogP contribution in [0.3, 0.4) is 0 Å². The lowest BCUT2D eigenvalue weighted by Crippen LogP contribution is -2.49. The highest BCUT2D eigenvalue weighted by atomic mass is 15.0. The molecule has 3 unspecified atom stereocenters. The van der Waals surface area contributed by atoms with Crippen molar-refractivity contribution in [3.05, 3.63) is 23.9 Å². The Bertz CT molecular complexity index is 372. The van der Waals surface area contributed by atoms with Crippen molar-refractivity contribution in [1.82, 2.24) is 5.32 Å². The van der Waals surface area contributed by atoms with Crippen molar-refractivity contribution >= 4 is 0 Å². The van der Waals surface area contributed by atoms with E-state index in [1.807, 2.05) is 0 Å². The van der Waals surface area contributed by atoms with Crippen molar-refractivity contribution in [2.75, 3.05) is 0 Å². The second kappa shape index (κ2) is 5.34. The van der Waals surface area contributed by atoms with Gasteiger partial charge in [0.05, 0.1) is 0 Å². The van der Waals surface area contributed by atoms with Crippen molar-refractivity contribution in [3.63, 3.8) is 0 Å². The second-order valence-corrected chi connectivity index (χ2v) is 8.06. The minimum atomic E-state index is 0.412. The lowest BCUT2D eigenvalue weighted by atomic mass is 9.60. The van der Waals surface area contributed by atoms with Crippen LogP contribution in [0.5, 0.6) is 0 Å². The van der Waals surface area contributed by atoms with Crippen LogP contribution in [0.25, 0.3) is 0 Å². The van der Waals surface area contributed by atoms with Crippen molar-refractivity contribution in [3.8, 4) is 0 Å². The van der Waals surface area contributed by atoms with Crippen LogP contribution < -0.4 is 5.32 Å². The van der Waals surface area contributed by atoms with Crippen LogP contribution in [0.1, 0.15) is 66.7 Å². The molecular formula is C18H31N. The van der Waals surface area contributed by atoms with E-state index in [0.29, 0.717) is 22.8 Å². The summed E-state index contributed by atoms with van der Waals surface area (Å²) < 4.78 is 0. The Kier molecular flexibility index (Phi) is 4.13. The van der Waals surface area contributed by atoms with Gasteiger partial charge in [0.1, 0.15) is 0 Å². The van der Waals surface area contributed by atoms with E-state index in [4.69, 9.17) is 0 Å². The SMILES string of the molecule is CCCC1CC(C)(CC(C)(C)C)C2CC=CC=C2N1. The first-order valence-corrected chi connectivity index (χ1v) is 7.97. The number of rotatable bonds is 3. The second-order valence-electron chi connectivity index (χ2n) is 8.06. The molecule has 1 nitrogen and oxygen atoms in total. The molecule has 3 atom stereocenters. The van der Waals surface area contributed by atoms with E-state index < -0.39 is 0 Å². The molecule has 1 aliphatic heterocycles. The van der Waals surface area contributed by atoms with Crippen LogP contribution in [-0.4, -0.2) is 6.04 Å². The molecule has 2 aliphatic rings. The summed E-state index contributed by atoms with van der Waals surface area (Å²) in [4.78, 5) is 0. The van der Waals surface area contributed by atoms with Crippen LogP contribution in [-0.2, 0) is 0 Å². The first-order valence-electron chi connectivity index (χ1n) is 7.97. The van der Waals surface area contributed by atoms with Gasteiger partial charge in [0.15, 0.2) is 0 Å². The maximum Gasteiger partial charge on any atom is 0.0263 e. The molecule has 108 valence electrons. The molecule has 19 heavy (non-hydrogen) atoms. The molecule has 1 N–H and O–H groups in total. The Morgan fingerprint density at radius 2 is 2.11 bits per heavy atom. The Labute approximate surface area is 119 Å². The van der Waals surface area contributed by atoms with E-state index >= 15 is 0 Å². The number of hydrogen-bond donors (Lipinski definition) is 1. The summed E-state index contributed by atoms with van der Waals surface area (Å²) in [6, 6.07) is 0.673. The van der Waals surface area contributed by atoms with Crippen molar-refractivity contribution < 1.29 is 0 Å². The molecule has 1 saturated heterocycles. The normalized spacial score (nSPS) is 34.5. The van der Waals surface area contributed by atoms with Crippen LogP contribution in [0, 0.1) is 16.7 Å². The van der Waals surface area contributed by atoms with Crippen LogP contribution in [0.2, 0.25) is 0 Å². The fourth-order valence-corrected chi connectivity index (χ4v) is 4.36. The summed E-state index contributed by atoms with van der Waals surface area (Å²) in [6.45, 7) is 12.0. The lowest BCUT2D eigenvalue weighted by molar-refractivity contribution is 0.0737. The summed E-state index contributed by atoms with van der Waals surface area (Å²) in [5.41, 5.74) is 2.36. The quantitative estimate of drug-likeness (QED) is 0.749. The molecule has 0 saturated carbocycles. The molecule has 0 spiro atoms. The number of allylic oxidation sites excluding steroid dienone is 4. The Morgan fingerprint density at radius 3 is 2.74 bits per heavy atom. The summed E-state index contributed by atoms with van der Waals surface area (Å²) in [5.74, 6) is 0.699. The highest BCUT2D eigenvalue weighted by molar-refractivity contribution is 5.25. The van der Waals surface area contributed by atoms with Gasteiger partial charge in [0.2, 0.25) is 0 Å². The minimum absolute atomic E-state index is 0.412. The predicted molar refractivity (Wildman–Crippen MR) is 84.0 cm³/mol. The average molecular weight is 261 g/mol. The average Bonchev–Trinajstić information content (AvgIpc) is 2.26. The number of nitrogens with one attached hydrogen (secondary N) is 1. The molecule has 0 radical (unpaired) electrons. The smallest absolute Gasteiger partial charge is 0.0263 e. The van der Waals surface area contributed by atoms with E-state index in [-0.39, 0.29) is 0 Å². The van der Waals surface area contributed by atoms with Gasteiger partial charge in [-0.05, 0) is 42.6 Å². The minimum Gasteiger partial charge on any atom is -0.385 e. The maximum atomic E-state index is 3.81. The highest BCUT2D eigenvalue weighted by Gasteiger charge is 2.44. The van der Waals surface area contributed by atoms with Crippen molar-refractivity contribution in [2.45, 2.75) is 72.8 Å². The summed E-state index contributed by atoms with van der Waals surface area (Å²) in [6.07, 6.45) is 13.3. The van der Waals surface area contributed by atoms with Gasteiger partial charge in [-0.15, -0.1) is 0 Å². The summed E-state index contributed by atoms with van der Waals surface area (Å²) >= 11 is 0. The first-order chi connectivity index (χ1) is 8.84. The van der Waals surface area contributed by atoms with E-state index in [1.54, 1.807) is 0 Å². The lowest BCUT2D eigenvalue weighted by Gasteiger charge is -2.50. The van der Waals surface area contributed by atoms with Gasteiger partial charge >= 0.3 is 0 Å². The molecule has 1 fully saturated rings. The molecule has 0 amide bonds. The first kappa shape index (κ1) is 14.7. The number of fused-ring (bicyclic) bond motifs is 1. The van der Waals surface area contributed by atoms with Crippen LogP contribution >= 0.6 is 0 Å². The standard InChI is InChI=1S/C18H31N/c1-6-9-14-12-18(5,13-17(2,3)4)15-10-7-8-11-16(15)19-14/h7-8,11,14-15,19H,6,9-10,12-13H2,1-5H3. The van der Waals surface area contributed by atoms with Gasteiger partial charge in [-0.1, -0.05) is 53.2 Å². The third-order valence-electron chi connectivity index (χ3n) is 4.66. The summed E-state index contributed by atoms with van der Waals surface area (Å²) in [5, 5.41) is 3.81. The fourth-order valence-electron chi connectivity index (χ4n) is 4.36. The Balaban J connectivity index is 2.23. The van der Waals surface area contributed by atoms with E-state index in [1.165, 1.54) is 37.8 Å². The zero-order chi connectivity index (χ0) is 14.1. The van der Waals surface area contributed by atoms with Gasteiger partial charge in [0.25, 0.3) is 0 Å². The van der Waals surface area contributed by atoms with Gasteiger partial charge in [-0.2, -0.15) is 0 Å². The predicted octanol–water partition coefficient (Wildman–Crippen LogP) is 5.05. The van der Waals surface area contributed by atoms with Gasteiger partial charge in [0, 0.05) is 17.7 Å². The maximum absolute atomic E-state index is 3.81. The van der Waals surface area contributed by atoms with Gasteiger partial charge < -0.3 is 5.32 Å². The Hall–Kier alpha value is -0.720. The number of piperidine rings is 1. The molecule has 1 heterocycles. The van der Waals surface area contributed by atoms with Crippen LogP contribution in [0.15, 0.2) is 23.9 Å². The van der Waals surface area contributed by atoms with Gasteiger partial charge in [-0.25, -0.2) is 0 Å². The molecule has 0 bridgehead atoms. The van der Waals surface area contributed by atoms with Gasteiger partial charge in [-0.3, -0.25) is 0 Å². The molecule has 1 heteroatoms. The van der Waals surface area contributed by atoms with E-state index in [9.17, 15) is 0 Å². The third-order valence-corrected chi connectivity index (χ3v) is 4.66. The Morgan fingerprint density at radius 1 is 1.37 bits per heavy atom. The molecule has 0 aromatic heterocycles. The molecule has 1 aliphatic carbocycles. The van der Waals surface area contributed by atoms with Crippen molar-refractivity contribution in [1.29, 1.82) is 0 Å². The zero-order valence-electron chi connectivity index (χ0n) is 13.4. The van der Waals surface area contributed by atoms with E-state index in [2.05, 4.69) is 58.2 Å². The summed E-state index contributed by atoms with van der Waals surface area (Å²) in [7, 11) is 0. The number of hydrogen-bond acceptors (Lipinski definition) is 1. The molecule has 2 rings (SSSR count). The van der Waals surface area contributed by atoms with Crippen molar-refractivity contribution in [2.24, 2.45) is 16.7 Å². The monoisotopic (exact) mass is 261 g/mol. The van der Waals surface area contributed by atoms with Crippen LogP contribution in [0.4, 0.5) is 0 Å². The third kappa shape index (κ3) is 3.43. The zero-order valence-corrected chi connectivity index (χ0v) is 13.4. The molecule has 0 aromatic rings. The topological polar surface area (TPSA) is 12.0 Å². The molecule has 0 aromatic carbocycles. The van der Waals surface area contributed by atoms with E-state index in [0.717, 1.165) is 0 Å². The largest absolute Gasteiger partial charge is 0.385 e. The molecular weight excluding hydrogens is 230 g/mol. The fraction of sp³-hybridized carbons (Fsp3) is 0.778.